The quantitative estimate of drug-likeness (QED) is 0.714. The number of methoxy groups -OCH3 is 1. The predicted molar refractivity (Wildman–Crippen MR) is 76.8 cm³/mol. The highest BCUT2D eigenvalue weighted by Crippen LogP contribution is 2.38. The standard InChI is InChI=1S/C15H13Cl2FO/c1-9-7-11(12(16)8-13(9)18)15(17)10-5-3-4-6-14(10)19-2/h3-8,15H,1-2H3. The first-order valence-electron chi connectivity index (χ1n) is 5.77. The number of aryl methyl sites for hydroxylation is 1. The Morgan fingerprint density at radius 3 is 2.53 bits per heavy atom. The van der Waals surface area contributed by atoms with Crippen molar-refractivity contribution in [3.8, 4) is 5.75 Å². The lowest BCUT2D eigenvalue weighted by atomic mass is 10.0. The Balaban J connectivity index is 2.50. The molecule has 19 heavy (non-hydrogen) atoms. The number of alkyl halides is 1. The fraction of sp³-hybridized carbons (Fsp3) is 0.200. The van der Waals surface area contributed by atoms with Gasteiger partial charge < -0.3 is 4.74 Å². The Bertz CT molecular complexity index is 599. The number of hydrogen-bond acceptors (Lipinski definition) is 1. The number of hydrogen-bond donors (Lipinski definition) is 0. The lowest BCUT2D eigenvalue weighted by molar-refractivity contribution is 0.410. The van der Waals surface area contributed by atoms with Crippen LogP contribution in [0, 0.1) is 12.7 Å². The number of rotatable bonds is 3. The van der Waals surface area contributed by atoms with Crippen molar-refractivity contribution in [3.63, 3.8) is 0 Å². The van der Waals surface area contributed by atoms with E-state index >= 15 is 0 Å². The third-order valence-electron chi connectivity index (χ3n) is 2.96. The Hall–Kier alpha value is -1.25. The summed E-state index contributed by atoms with van der Waals surface area (Å²) >= 11 is 12.5. The minimum Gasteiger partial charge on any atom is -0.496 e. The molecule has 0 heterocycles. The van der Waals surface area contributed by atoms with Crippen molar-refractivity contribution in [2.24, 2.45) is 0 Å². The van der Waals surface area contributed by atoms with Gasteiger partial charge in [0.25, 0.3) is 0 Å². The average molecular weight is 299 g/mol. The molecule has 0 amide bonds. The van der Waals surface area contributed by atoms with Gasteiger partial charge in [-0.1, -0.05) is 29.8 Å². The summed E-state index contributed by atoms with van der Waals surface area (Å²) in [6.07, 6.45) is 0. The van der Waals surface area contributed by atoms with Gasteiger partial charge in [-0.15, -0.1) is 11.6 Å². The lowest BCUT2D eigenvalue weighted by Crippen LogP contribution is -1.99. The van der Waals surface area contributed by atoms with Crippen LogP contribution in [-0.2, 0) is 0 Å². The molecule has 0 aliphatic rings. The normalized spacial score (nSPS) is 12.3. The van der Waals surface area contributed by atoms with Gasteiger partial charge in [0.1, 0.15) is 11.6 Å². The van der Waals surface area contributed by atoms with Gasteiger partial charge in [0.2, 0.25) is 0 Å². The highest BCUT2D eigenvalue weighted by molar-refractivity contribution is 6.33. The van der Waals surface area contributed by atoms with Gasteiger partial charge in [0.05, 0.1) is 12.5 Å². The van der Waals surface area contributed by atoms with Crippen LogP contribution in [0.5, 0.6) is 5.75 Å². The smallest absolute Gasteiger partial charge is 0.127 e. The second kappa shape index (κ2) is 5.81. The van der Waals surface area contributed by atoms with Gasteiger partial charge in [-0.05, 0) is 36.2 Å². The van der Waals surface area contributed by atoms with E-state index in [1.165, 1.54) is 6.07 Å². The molecular weight excluding hydrogens is 286 g/mol. The van der Waals surface area contributed by atoms with E-state index in [0.717, 1.165) is 5.56 Å². The van der Waals surface area contributed by atoms with Gasteiger partial charge in [0, 0.05) is 10.6 Å². The van der Waals surface area contributed by atoms with E-state index in [-0.39, 0.29) is 5.82 Å². The molecule has 0 saturated heterocycles. The number of ether oxygens (including phenoxy) is 1. The molecule has 2 aromatic carbocycles. The molecule has 0 aromatic heterocycles. The van der Waals surface area contributed by atoms with E-state index in [9.17, 15) is 4.39 Å². The molecule has 2 rings (SSSR count). The first-order chi connectivity index (χ1) is 9.04. The van der Waals surface area contributed by atoms with Gasteiger partial charge in [0.15, 0.2) is 0 Å². The molecule has 100 valence electrons. The van der Waals surface area contributed by atoms with Crippen LogP contribution in [-0.4, -0.2) is 7.11 Å². The second-order valence-corrected chi connectivity index (χ2v) is 5.07. The van der Waals surface area contributed by atoms with Crippen molar-refractivity contribution in [1.82, 2.24) is 0 Å². The Morgan fingerprint density at radius 2 is 1.84 bits per heavy atom. The zero-order valence-corrected chi connectivity index (χ0v) is 12.1. The summed E-state index contributed by atoms with van der Waals surface area (Å²) in [7, 11) is 1.58. The van der Waals surface area contributed by atoms with Gasteiger partial charge in [-0.2, -0.15) is 0 Å². The molecule has 0 aliphatic carbocycles. The molecular formula is C15H13Cl2FO. The van der Waals surface area contributed by atoms with Crippen LogP contribution in [0.15, 0.2) is 36.4 Å². The van der Waals surface area contributed by atoms with Crippen LogP contribution in [0.4, 0.5) is 4.39 Å². The van der Waals surface area contributed by atoms with Crippen LogP contribution in [0.1, 0.15) is 22.1 Å². The van der Waals surface area contributed by atoms with Gasteiger partial charge >= 0.3 is 0 Å². The van der Waals surface area contributed by atoms with Gasteiger partial charge in [-0.3, -0.25) is 0 Å². The fourth-order valence-electron chi connectivity index (χ4n) is 1.92. The topological polar surface area (TPSA) is 9.23 Å². The average Bonchev–Trinajstić information content (AvgIpc) is 2.42. The summed E-state index contributed by atoms with van der Waals surface area (Å²) in [6.45, 7) is 1.68. The van der Waals surface area contributed by atoms with Crippen LogP contribution in [0.25, 0.3) is 0 Å². The SMILES string of the molecule is COc1ccccc1C(Cl)c1cc(C)c(F)cc1Cl. The zero-order chi connectivity index (χ0) is 14.0. The van der Waals surface area contributed by atoms with Crippen LogP contribution >= 0.6 is 23.2 Å². The number of halogens is 3. The molecule has 4 heteroatoms. The molecule has 1 nitrogen and oxygen atoms in total. The molecule has 1 atom stereocenters. The third kappa shape index (κ3) is 2.85. The van der Waals surface area contributed by atoms with Crippen LogP contribution in [0.3, 0.4) is 0 Å². The molecule has 0 N–H and O–H groups in total. The Labute approximate surface area is 121 Å². The summed E-state index contributed by atoms with van der Waals surface area (Å²) in [6, 6.07) is 10.4. The minimum absolute atomic E-state index is 0.314. The Morgan fingerprint density at radius 1 is 1.16 bits per heavy atom. The second-order valence-electron chi connectivity index (χ2n) is 4.23. The molecule has 0 bridgehead atoms. The third-order valence-corrected chi connectivity index (χ3v) is 3.76. The summed E-state index contributed by atoms with van der Waals surface area (Å²) in [5, 5.41) is -0.169. The molecule has 0 aliphatic heterocycles. The first-order valence-corrected chi connectivity index (χ1v) is 6.58. The molecule has 2 aromatic rings. The van der Waals surface area contributed by atoms with Crippen molar-refractivity contribution < 1.29 is 9.13 Å². The van der Waals surface area contributed by atoms with E-state index in [2.05, 4.69) is 0 Å². The monoisotopic (exact) mass is 298 g/mol. The van der Waals surface area contributed by atoms with E-state index in [1.54, 1.807) is 20.1 Å². The molecule has 0 saturated carbocycles. The minimum atomic E-state index is -0.483. The van der Waals surface area contributed by atoms with Crippen LogP contribution in [0.2, 0.25) is 5.02 Å². The summed E-state index contributed by atoms with van der Waals surface area (Å²) in [5.41, 5.74) is 1.99. The van der Waals surface area contributed by atoms with Crippen molar-refractivity contribution in [3.05, 3.63) is 63.9 Å². The van der Waals surface area contributed by atoms with Crippen molar-refractivity contribution in [2.75, 3.05) is 7.11 Å². The molecule has 0 radical (unpaired) electrons. The highest BCUT2D eigenvalue weighted by atomic mass is 35.5. The maximum Gasteiger partial charge on any atom is 0.127 e. The highest BCUT2D eigenvalue weighted by Gasteiger charge is 2.19. The van der Waals surface area contributed by atoms with E-state index < -0.39 is 5.38 Å². The zero-order valence-electron chi connectivity index (χ0n) is 10.6. The number of para-hydroxylation sites is 1. The fourth-order valence-corrected chi connectivity index (χ4v) is 2.59. The van der Waals surface area contributed by atoms with Gasteiger partial charge in [-0.25, -0.2) is 4.39 Å². The molecule has 0 spiro atoms. The van der Waals surface area contributed by atoms with E-state index in [1.807, 2.05) is 24.3 Å². The van der Waals surface area contributed by atoms with E-state index in [4.69, 9.17) is 27.9 Å². The largest absolute Gasteiger partial charge is 0.496 e. The summed E-state index contributed by atoms with van der Waals surface area (Å²) in [4.78, 5) is 0. The summed E-state index contributed by atoms with van der Waals surface area (Å²) in [5.74, 6) is 0.346. The van der Waals surface area contributed by atoms with Crippen molar-refractivity contribution >= 4 is 23.2 Å². The molecule has 0 fully saturated rings. The first kappa shape index (κ1) is 14.2. The molecule has 1 unspecified atom stereocenters. The lowest BCUT2D eigenvalue weighted by Gasteiger charge is -2.16. The van der Waals surface area contributed by atoms with E-state index in [0.29, 0.717) is 21.9 Å². The maximum absolute atomic E-state index is 13.4. The van der Waals surface area contributed by atoms with Crippen LogP contribution < -0.4 is 4.74 Å². The summed E-state index contributed by atoms with van der Waals surface area (Å²) < 4.78 is 18.7. The van der Waals surface area contributed by atoms with Crippen molar-refractivity contribution in [1.29, 1.82) is 0 Å². The maximum atomic E-state index is 13.4. The predicted octanol–water partition coefficient (Wildman–Crippen LogP) is 5.12. The Kier molecular flexibility index (Phi) is 4.33. The van der Waals surface area contributed by atoms with Crippen molar-refractivity contribution in [2.45, 2.75) is 12.3 Å². The number of benzene rings is 2.